The SMILES string of the molecule is Cc1ccc(Nc2cc(-c3ccncc3)nc(NCCN(C)C)n2)cc1. The van der Waals surface area contributed by atoms with Gasteiger partial charge in [0.2, 0.25) is 5.95 Å². The van der Waals surface area contributed by atoms with E-state index in [2.05, 4.69) is 49.5 Å². The van der Waals surface area contributed by atoms with Crippen molar-refractivity contribution in [3.05, 3.63) is 60.4 Å². The summed E-state index contributed by atoms with van der Waals surface area (Å²) in [7, 11) is 4.08. The second kappa shape index (κ2) is 8.40. The van der Waals surface area contributed by atoms with Gasteiger partial charge in [-0.1, -0.05) is 17.7 Å². The normalized spacial score (nSPS) is 10.8. The Labute approximate surface area is 154 Å². The number of nitrogens with zero attached hydrogens (tertiary/aromatic N) is 4. The molecule has 0 bridgehead atoms. The zero-order chi connectivity index (χ0) is 18.4. The molecule has 3 rings (SSSR count). The Hall–Kier alpha value is -2.99. The molecule has 6 heteroatoms. The van der Waals surface area contributed by atoms with Gasteiger partial charge in [-0.25, -0.2) is 4.98 Å². The number of anilines is 3. The molecule has 2 heterocycles. The van der Waals surface area contributed by atoms with E-state index in [1.807, 2.05) is 44.4 Å². The maximum Gasteiger partial charge on any atom is 0.225 e. The van der Waals surface area contributed by atoms with Gasteiger partial charge >= 0.3 is 0 Å². The predicted molar refractivity (Wildman–Crippen MR) is 107 cm³/mol. The van der Waals surface area contributed by atoms with Gasteiger partial charge in [0, 0.05) is 42.8 Å². The number of hydrogen-bond donors (Lipinski definition) is 2. The van der Waals surface area contributed by atoms with Crippen molar-refractivity contribution in [2.45, 2.75) is 6.92 Å². The molecule has 0 saturated carbocycles. The van der Waals surface area contributed by atoms with Crippen molar-refractivity contribution in [1.82, 2.24) is 19.9 Å². The number of benzene rings is 1. The average Bonchev–Trinajstić information content (AvgIpc) is 2.64. The molecule has 26 heavy (non-hydrogen) atoms. The number of aromatic nitrogens is 3. The molecule has 0 aliphatic rings. The zero-order valence-corrected chi connectivity index (χ0v) is 15.4. The van der Waals surface area contributed by atoms with Crippen LogP contribution in [0.1, 0.15) is 5.56 Å². The minimum atomic E-state index is 0.607. The molecule has 2 N–H and O–H groups in total. The van der Waals surface area contributed by atoms with E-state index < -0.39 is 0 Å². The van der Waals surface area contributed by atoms with Gasteiger partial charge in [-0.05, 0) is 45.3 Å². The van der Waals surface area contributed by atoms with Gasteiger partial charge in [-0.2, -0.15) is 4.98 Å². The smallest absolute Gasteiger partial charge is 0.225 e. The maximum atomic E-state index is 4.65. The summed E-state index contributed by atoms with van der Waals surface area (Å²) in [5.74, 6) is 1.36. The van der Waals surface area contributed by atoms with Crippen molar-refractivity contribution < 1.29 is 0 Å². The summed E-state index contributed by atoms with van der Waals surface area (Å²) in [6.45, 7) is 3.75. The molecule has 1 aromatic carbocycles. The minimum absolute atomic E-state index is 0.607. The highest BCUT2D eigenvalue weighted by Gasteiger charge is 2.07. The van der Waals surface area contributed by atoms with Crippen LogP contribution in [0.25, 0.3) is 11.3 Å². The molecule has 0 saturated heterocycles. The molecule has 0 aliphatic heterocycles. The van der Waals surface area contributed by atoms with E-state index in [1.165, 1.54) is 5.56 Å². The van der Waals surface area contributed by atoms with Crippen LogP contribution in [-0.2, 0) is 0 Å². The second-order valence-corrected chi connectivity index (χ2v) is 6.42. The highest BCUT2D eigenvalue weighted by atomic mass is 15.2. The third kappa shape index (κ3) is 5.00. The van der Waals surface area contributed by atoms with E-state index >= 15 is 0 Å². The van der Waals surface area contributed by atoms with Crippen molar-refractivity contribution in [3.63, 3.8) is 0 Å². The predicted octanol–water partition coefficient (Wildman–Crippen LogP) is 3.56. The van der Waals surface area contributed by atoms with Gasteiger partial charge in [0.1, 0.15) is 5.82 Å². The summed E-state index contributed by atoms with van der Waals surface area (Å²) < 4.78 is 0. The Kier molecular flexibility index (Phi) is 5.76. The molecule has 6 nitrogen and oxygen atoms in total. The van der Waals surface area contributed by atoms with Gasteiger partial charge in [-0.3, -0.25) is 4.98 Å². The van der Waals surface area contributed by atoms with Gasteiger partial charge in [0.25, 0.3) is 0 Å². The standard InChI is InChI=1S/C20H24N6/c1-15-4-6-17(7-5-15)23-19-14-18(16-8-10-21-11-9-16)24-20(25-19)22-12-13-26(2)3/h4-11,14H,12-13H2,1-3H3,(H2,22,23,24,25). The summed E-state index contributed by atoms with van der Waals surface area (Å²) >= 11 is 0. The fraction of sp³-hybridized carbons (Fsp3) is 0.250. The molecule has 3 aromatic rings. The van der Waals surface area contributed by atoms with Gasteiger partial charge < -0.3 is 15.5 Å². The number of aryl methyl sites for hydroxylation is 1. The molecule has 0 fully saturated rings. The van der Waals surface area contributed by atoms with Gasteiger partial charge in [-0.15, -0.1) is 0 Å². The number of pyridine rings is 1. The number of likely N-dealkylation sites (N-methyl/N-ethyl adjacent to an activating group) is 1. The minimum Gasteiger partial charge on any atom is -0.353 e. The third-order valence-corrected chi connectivity index (χ3v) is 3.87. The van der Waals surface area contributed by atoms with Crippen LogP contribution in [0.3, 0.4) is 0 Å². The molecule has 0 spiro atoms. The maximum absolute atomic E-state index is 4.65. The Morgan fingerprint density at radius 1 is 0.962 bits per heavy atom. The molecular weight excluding hydrogens is 324 g/mol. The first-order valence-corrected chi connectivity index (χ1v) is 8.62. The van der Waals surface area contributed by atoms with E-state index in [4.69, 9.17) is 0 Å². The lowest BCUT2D eigenvalue weighted by Gasteiger charge is -2.13. The average molecular weight is 348 g/mol. The molecule has 0 amide bonds. The summed E-state index contributed by atoms with van der Waals surface area (Å²) in [6.07, 6.45) is 3.54. The Bertz CT molecular complexity index is 831. The third-order valence-electron chi connectivity index (χ3n) is 3.87. The lowest BCUT2D eigenvalue weighted by molar-refractivity contribution is 0.425. The van der Waals surface area contributed by atoms with E-state index in [0.717, 1.165) is 35.9 Å². The van der Waals surface area contributed by atoms with Gasteiger partial charge in [0.05, 0.1) is 5.69 Å². The number of rotatable bonds is 7. The van der Waals surface area contributed by atoms with Crippen LogP contribution in [0.15, 0.2) is 54.9 Å². The first kappa shape index (κ1) is 17.8. The largest absolute Gasteiger partial charge is 0.353 e. The van der Waals surface area contributed by atoms with Crippen LogP contribution in [0, 0.1) is 6.92 Å². The van der Waals surface area contributed by atoms with Crippen LogP contribution in [0.2, 0.25) is 0 Å². The van der Waals surface area contributed by atoms with E-state index in [-0.39, 0.29) is 0 Å². The molecule has 134 valence electrons. The number of nitrogens with one attached hydrogen (secondary N) is 2. The van der Waals surface area contributed by atoms with Crippen LogP contribution in [0.5, 0.6) is 0 Å². The molecule has 0 radical (unpaired) electrons. The molecule has 0 aliphatic carbocycles. The van der Waals surface area contributed by atoms with Crippen molar-refractivity contribution in [2.75, 3.05) is 37.8 Å². The van der Waals surface area contributed by atoms with E-state index in [0.29, 0.717) is 5.95 Å². The molecule has 0 atom stereocenters. The van der Waals surface area contributed by atoms with Crippen LogP contribution in [-0.4, -0.2) is 47.0 Å². The highest BCUT2D eigenvalue weighted by molar-refractivity contribution is 5.67. The lowest BCUT2D eigenvalue weighted by Crippen LogP contribution is -2.21. The van der Waals surface area contributed by atoms with E-state index in [1.54, 1.807) is 12.4 Å². The first-order valence-electron chi connectivity index (χ1n) is 8.62. The Morgan fingerprint density at radius 3 is 2.38 bits per heavy atom. The van der Waals surface area contributed by atoms with Crippen LogP contribution >= 0.6 is 0 Å². The van der Waals surface area contributed by atoms with Gasteiger partial charge in [0.15, 0.2) is 0 Å². The van der Waals surface area contributed by atoms with Crippen molar-refractivity contribution >= 4 is 17.5 Å². The van der Waals surface area contributed by atoms with E-state index in [9.17, 15) is 0 Å². The molecule has 0 unspecified atom stereocenters. The first-order chi connectivity index (χ1) is 12.6. The van der Waals surface area contributed by atoms with Crippen LogP contribution < -0.4 is 10.6 Å². The topological polar surface area (TPSA) is 66.0 Å². The Morgan fingerprint density at radius 2 is 1.69 bits per heavy atom. The summed E-state index contributed by atoms with van der Waals surface area (Å²) in [6, 6.07) is 14.1. The lowest BCUT2D eigenvalue weighted by atomic mass is 10.2. The van der Waals surface area contributed by atoms with Crippen LogP contribution in [0.4, 0.5) is 17.5 Å². The number of hydrogen-bond acceptors (Lipinski definition) is 6. The second-order valence-electron chi connectivity index (χ2n) is 6.42. The fourth-order valence-corrected chi connectivity index (χ4v) is 2.44. The highest BCUT2D eigenvalue weighted by Crippen LogP contribution is 2.23. The Balaban J connectivity index is 1.87. The quantitative estimate of drug-likeness (QED) is 0.680. The van der Waals surface area contributed by atoms with Crippen molar-refractivity contribution in [1.29, 1.82) is 0 Å². The summed E-state index contributed by atoms with van der Waals surface area (Å²) in [4.78, 5) is 15.5. The fourth-order valence-electron chi connectivity index (χ4n) is 2.44. The van der Waals surface area contributed by atoms with Crippen molar-refractivity contribution in [3.8, 4) is 11.3 Å². The summed E-state index contributed by atoms with van der Waals surface area (Å²) in [5.41, 5.74) is 4.07. The zero-order valence-electron chi connectivity index (χ0n) is 15.4. The monoisotopic (exact) mass is 348 g/mol. The summed E-state index contributed by atoms with van der Waals surface area (Å²) in [5, 5.41) is 6.67. The molecular formula is C20H24N6. The molecule has 2 aromatic heterocycles. The van der Waals surface area contributed by atoms with Crippen molar-refractivity contribution in [2.24, 2.45) is 0 Å².